The summed E-state index contributed by atoms with van der Waals surface area (Å²) in [5.74, 6) is 0. The first kappa shape index (κ1) is 13.8. The first-order valence-electron chi connectivity index (χ1n) is 6.90. The minimum atomic E-state index is 0.892. The Morgan fingerprint density at radius 3 is 2.79 bits per heavy atom. The second-order valence-corrected chi connectivity index (χ2v) is 4.55. The largest absolute Gasteiger partial charge is 0.315 e. The number of rotatable bonds is 8. The van der Waals surface area contributed by atoms with Crippen molar-refractivity contribution in [1.82, 2.24) is 20.4 Å². The Kier molecular flexibility index (Phi) is 5.59. The van der Waals surface area contributed by atoms with E-state index in [9.17, 15) is 0 Å². The predicted octanol–water partition coefficient (Wildman–Crippen LogP) is 1.96. The molecular weight excluding hydrogens is 236 g/mol. The SMILES string of the molecule is CCCNCCNCc1cccc(-n2cccn2)c1. The van der Waals surface area contributed by atoms with Gasteiger partial charge in [0, 0.05) is 32.0 Å². The van der Waals surface area contributed by atoms with Gasteiger partial charge in [0.05, 0.1) is 5.69 Å². The van der Waals surface area contributed by atoms with E-state index in [0.29, 0.717) is 0 Å². The molecule has 0 aliphatic heterocycles. The van der Waals surface area contributed by atoms with Crippen molar-refractivity contribution >= 4 is 0 Å². The first-order chi connectivity index (χ1) is 9.40. The predicted molar refractivity (Wildman–Crippen MR) is 78.4 cm³/mol. The van der Waals surface area contributed by atoms with Crippen molar-refractivity contribution in [1.29, 1.82) is 0 Å². The van der Waals surface area contributed by atoms with Gasteiger partial charge >= 0.3 is 0 Å². The number of nitrogens with one attached hydrogen (secondary N) is 2. The van der Waals surface area contributed by atoms with Gasteiger partial charge in [-0.25, -0.2) is 4.68 Å². The van der Waals surface area contributed by atoms with Crippen molar-refractivity contribution in [3.63, 3.8) is 0 Å². The summed E-state index contributed by atoms with van der Waals surface area (Å²) in [5.41, 5.74) is 2.39. The molecule has 0 aliphatic rings. The van der Waals surface area contributed by atoms with Crippen molar-refractivity contribution in [2.45, 2.75) is 19.9 Å². The number of hydrogen-bond donors (Lipinski definition) is 2. The van der Waals surface area contributed by atoms with E-state index in [2.05, 4.69) is 46.9 Å². The van der Waals surface area contributed by atoms with Gasteiger partial charge in [0.15, 0.2) is 0 Å². The zero-order valence-electron chi connectivity index (χ0n) is 11.5. The number of benzene rings is 1. The number of nitrogens with zero attached hydrogens (tertiary/aromatic N) is 2. The zero-order valence-corrected chi connectivity index (χ0v) is 11.5. The Bertz CT molecular complexity index is 465. The van der Waals surface area contributed by atoms with Crippen LogP contribution in [0, 0.1) is 0 Å². The lowest BCUT2D eigenvalue weighted by atomic mass is 10.2. The van der Waals surface area contributed by atoms with Crippen LogP contribution in [0.25, 0.3) is 5.69 Å². The fourth-order valence-corrected chi connectivity index (χ4v) is 1.94. The highest BCUT2D eigenvalue weighted by atomic mass is 15.3. The van der Waals surface area contributed by atoms with Gasteiger partial charge in [0.1, 0.15) is 0 Å². The van der Waals surface area contributed by atoms with E-state index in [1.165, 1.54) is 12.0 Å². The van der Waals surface area contributed by atoms with Crippen molar-refractivity contribution in [3.8, 4) is 5.69 Å². The van der Waals surface area contributed by atoms with Gasteiger partial charge < -0.3 is 10.6 Å². The molecule has 0 aliphatic carbocycles. The molecule has 0 spiro atoms. The topological polar surface area (TPSA) is 41.9 Å². The van der Waals surface area contributed by atoms with Crippen LogP contribution >= 0.6 is 0 Å². The highest BCUT2D eigenvalue weighted by Crippen LogP contribution is 2.09. The summed E-state index contributed by atoms with van der Waals surface area (Å²) in [6.07, 6.45) is 4.94. The van der Waals surface area contributed by atoms with Crippen LogP contribution in [-0.4, -0.2) is 29.4 Å². The third-order valence-corrected chi connectivity index (χ3v) is 2.91. The Labute approximate surface area is 114 Å². The van der Waals surface area contributed by atoms with Gasteiger partial charge in [0.25, 0.3) is 0 Å². The molecule has 2 N–H and O–H groups in total. The molecule has 0 atom stereocenters. The molecule has 1 aromatic carbocycles. The smallest absolute Gasteiger partial charge is 0.0648 e. The Balaban J connectivity index is 1.79. The maximum atomic E-state index is 4.24. The Hall–Kier alpha value is -1.65. The molecule has 4 nitrogen and oxygen atoms in total. The van der Waals surface area contributed by atoms with E-state index >= 15 is 0 Å². The molecule has 0 unspecified atom stereocenters. The average molecular weight is 258 g/mol. The summed E-state index contributed by atoms with van der Waals surface area (Å²) in [6, 6.07) is 10.4. The molecule has 2 aromatic rings. The van der Waals surface area contributed by atoms with Crippen LogP contribution in [0.15, 0.2) is 42.7 Å². The maximum absolute atomic E-state index is 4.24. The van der Waals surface area contributed by atoms with Gasteiger partial charge in [-0.1, -0.05) is 19.1 Å². The van der Waals surface area contributed by atoms with Crippen molar-refractivity contribution < 1.29 is 0 Å². The fraction of sp³-hybridized carbons (Fsp3) is 0.400. The van der Waals surface area contributed by atoms with Gasteiger partial charge in [0.2, 0.25) is 0 Å². The fourth-order valence-electron chi connectivity index (χ4n) is 1.94. The zero-order chi connectivity index (χ0) is 13.3. The van der Waals surface area contributed by atoms with Gasteiger partial charge in [-0.3, -0.25) is 0 Å². The molecule has 2 rings (SSSR count). The molecule has 1 heterocycles. The van der Waals surface area contributed by atoms with E-state index in [4.69, 9.17) is 0 Å². The summed E-state index contributed by atoms with van der Waals surface area (Å²) in [6.45, 7) is 6.18. The minimum absolute atomic E-state index is 0.892. The highest BCUT2D eigenvalue weighted by Gasteiger charge is 1.98. The molecule has 0 saturated carbocycles. The average Bonchev–Trinajstić information content (AvgIpc) is 2.97. The third-order valence-electron chi connectivity index (χ3n) is 2.91. The van der Waals surface area contributed by atoms with Crippen LogP contribution in [-0.2, 0) is 6.54 Å². The van der Waals surface area contributed by atoms with E-state index in [0.717, 1.165) is 31.9 Å². The lowest BCUT2D eigenvalue weighted by Gasteiger charge is -2.08. The van der Waals surface area contributed by atoms with E-state index in [1.54, 1.807) is 6.20 Å². The minimum Gasteiger partial charge on any atom is -0.315 e. The summed E-state index contributed by atoms with van der Waals surface area (Å²) in [4.78, 5) is 0. The van der Waals surface area contributed by atoms with Crippen molar-refractivity contribution in [2.24, 2.45) is 0 Å². The molecule has 0 fully saturated rings. The molecular formula is C15H22N4. The normalized spacial score (nSPS) is 10.8. The quantitative estimate of drug-likeness (QED) is 0.711. The standard InChI is InChI=1S/C15H22N4/c1-2-7-16-9-10-17-13-14-5-3-6-15(12-14)19-11-4-8-18-19/h3-6,8,11-12,16-17H,2,7,9-10,13H2,1H3. The molecule has 19 heavy (non-hydrogen) atoms. The highest BCUT2D eigenvalue weighted by molar-refractivity contribution is 5.34. The van der Waals surface area contributed by atoms with Crippen molar-refractivity contribution in [2.75, 3.05) is 19.6 Å². The molecule has 102 valence electrons. The van der Waals surface area contributed by atoms with Crippen LogP contribution in [0.2, 0.25) is 0 Å². The molecule has 1 aromatic heterocycles. The van der Waals surface area contributed by atoms with Crippen LogP contribution in [0.3, 0.4) is 0 Å². The Morgan fingerprint density at radius 2 is 2.00 bits per heavy atom. The first-order valence-corrected chi connectivity index (χ1v) is 6.90. The monoisotopic (exact) mass is 258 g/mol. The summed E-state index contributed by atoms with van der Waals surface area (Å²) < 4.78 is 1.88. The molecule has 0 radical (unpaired) electrons. The molecule has 4 heteroatoms. The van der Waals surface area contributed by atoms with E-state index in [-0.39, 0.29) is 0 Å². The number of aromatic nitrogens is 2. The summed E-state index contributed by atoms with van der Waals surface area (Å²) in [5, 5.41) is 11.1. The van der Waals surface area contributed by atoms with Crippen LogP contribution in [0.5, 0.6) is 0 Å². The summed E-state index contributed by atoms with van der Waals surface area (Å²) in [7, 11) is 0. The van der Waals surface area contributed by atoms with E-state index < -0.39 is 0 Å². The number of hydrogen-bond acceptors (Lipinski definition) is 3. The van der Waals surface area contributed by atoms with Crippen LogP contribution in [0.4, 0.5) is 0 Å². The summed E-state index contributed by atoms with van der Waals surface area (Å²) >= 11 is 0. The van der Waals surface area contributed by atoms with Gasteiger partial charge in [-0.2, -0.15) is 5.10 Å². The lowest BCUT2D eigenvalue weighted by Crippen LogP contribution is -2.27. The molecule has 0 saturated heterocycles. The van der Waals surface area contributed by atoms with Crippen molar-refractivity contribution in [3.05, 3.63) is 48.3 Å². The molecule has 0 amide bonds. The van der Waals surface area contributed by atoms with E-state index in [1.807, 2.05) is 16.9 Å². The van der Waals surface area contributed by atoms with Gasteiger partial charge in [-0.05, 0) is 36.7 Å². The maximum Gasteiger partial charge on any atom is 0.0648 e. The van der Waals surface area contributed by atoms with Crippen LogP contribution in [0.1, 0.15) is 18.9 Å². The second-order valence-electron chi connectivity index (χ2n) is 4.55. The van der Waals surface area contributed by atoms with Gasteiger partial charge in [-0.15, -0.1) is 0 Å². The Morgan fingerprint density at radius 1 is 1.11 bits per heavy atom. The lowest BCUT2D eigenvalue weighted by molar-refractivity contribution is 0.606. The molecule has 0 bridgehead atoms. The second kappa shape index (κ2) is 7.71. The van der Waals surface area contributed by atoms with Crippen LogP contribution < -0.4 is 10.6 Å². The third kappa shape index (κ3) is 4.50.